The molecular weight excluding hydrogens is 324 g/mol. The van der Waals surface area contributed by atoms with Gasteiger partial charge in [0, 0.05) is 25.3 Å². The summed E-state index contributed by atoms with van der Waals surface area (Å²) in [6, 6.07) is 17.8. The first-order valence-corrected chi connectivity index (χ1v) is 9.43. The van der Waals surface area contributed by atoms with Gasteiger partial charge >= 0.3 is 0 Å². The Labute approximate surface area is 157 Å². The van der Waals surface area contributed by atoms with Crippen molar-refractivity contribution in [1.29, 1.82) is 0 Å². The smallest absolute Gasteiger partial charge is 0.241 e. The van der Waals surface area contributed by atoms with Crippen LogP contribution in [0, 0.1) is 0 Å². The fourth-order valence-corrected chi connectivity index (χ4v) is 2.67. The quantitative estimate of drug-likeness (QED) is 0.594. The molecule has 2 rings (SSSR count). The van der Waals surface area contributed by atoms with E-state index in [1.54, 1.807) is 4.90 Å². The SMILES string of the molecule is CCCCCCOc1cccc(NCC(=O)N(C)Cc2ccccc2)c1. The minimum atomic E-state index is 0.0553. The van der Waals surface area contributed by atoms with Gasteiger partial charge < -0.3 is 15.0 Å². The molecule has 2 aromatic carbocycles. The number of carbonyl (C=O) groups is 1. The molecule has 26 heavy (non-hydrogen) atoms. The Kier molecular flexibility index (Phi) is 8.53. The normalized spacial score (nSPS) is 10.4. The van der Waals surface area contributed by atoms with E-state index < -0.39 is 0 Å². The molecular formula is C22H30N2O2. The first-order chi connectivity index (χ1) is 12.7. The van der Waals surface area contributed by atoms with Crippen molar-refractivity contribution in [2.24, 2.45) is 0 Å². The van der Waals surface area contributed by atoms with Gasteiger partial charge in [-0.3, -0.25) is 4.79 Å². The second kappa shape index (κ2) is 11.2. The fraction of sp³-hybridized carbons (Fsp3) is 0.409. The van der Waals surface area contributed by atoms with Crippen molar-refractivity contribution in [3.63, 3.8) is 0 Å². The largest absolute Gasteiger partial charge is 0.494 e. The first kappa shape index (κ1) is 19.8. The Balaban J connectivity index is 1.75. The minimum absolute atomic E-state index is 0.0553. The van der Waals surface area contributed by atoms with Crippen molar-refractivity contribution in [2.45, 2.75) is 39.2 Å². The van der Waals surface area contributed by atoms with Gasteiger partial charge in [0.2, 0.25) is 5.91 Å². The molecule has 0 spiro atoms. The monoisotopic (exact) mass is 354 g/mol. The maximum Gasteiger partial charge on any atom is 0.241 e. The summed E-state index contributed by atoms with van der Waals surface area (Å²) in [5.74, 6) is 0.899. The fourth-order valence-electron chi connectivity index (χ4n) is 2.67. The summed E-state index contributed by atoms with van der Waals surface area (Å²) >= 11 is 0. The van der Waals surface area contributed by atoms with Crippen LogP contribution in [-0.2, 0) is 11.3 Å². The summed E-state index contributed by atoms with van der Waals surface area (Å²) in [5.41, 5.74) is 2.03. The van der Waals surface area contributed by atoms with E-state index >= 15 is 0 Å². The van der Waals surface area contributed by atoms with Gasteiger partial charge in [0.25, 0.3) is 0 Å². The average Bonchev–Trinajstić information content (AvgIpc) is 2.67. The molecule has 0 fully saturated rings. The van der Waals surface area contributed by atoms with Crippen molar-refractivity contribution in [2.75, 3.05) is 25.5 Å². The molecule has 1 amide bonds. The van der Waals surface area contributed by atoms with Crippen LogP contribution in [0.1, 0.15) is 38.2 Å². The third-order valence-electron chi connectivity index (χ3n) is 4.23. The Hall–Kier alpha value is -2.49. The van der Waals surface area contributed by atoms with Crippen LogP contribution in [0.5, 0.6) is 5.75 Å². The minimum Gasteiger partial charge on any atom is -0.494 e. The lowest BCUT2D eigenvalue weighted by Crippen LogP contribution is -2.31. The van der Waals surface area contributed by atoms with Crippen LogP contribution in [0.25, 0.3) is 0 Å². The molecule has 0 bridgehead atoms. The number of carbonyl (C=O) groups excluding carboxylic acids is 1. The zero-order valence-electron chi connectivity index (χ0n) is 15.9. The standard InChI is InChI=1S/C22H30N2O2/c1-3-4-5-9-15-26-21-14-10-13-20(16-21)23-17-22(25)24(2)18-19-11-7-6-8-12-19/h6-8,10-14,16,23H,3-5,9,15,17-18H2,1-2H3. The van der Waals surface area contributed by atoms with Crippen LogP contribution >= 0.6 is 0 Å². The van der Waals surface area contributed by atoms with Gasteiger partial charge in [-0.2, -0.15) is 0 Å². The van der Waals surface area contributed by atoms with Crippen LogP contribution in [0.4, 0.5) is 5.69 Å². The second-order valence-corrected chi connectivity index (χ2v) is 6.53. The second-order valence-electron chi connectivity index (χ2n) is 6.53. The van der Waals surface area contributed by atoms with Crippen molar-refractivity contribution in [3.05, 3.63) is 60.2 Å². The number of anilines is 1. The predicted octanol–water partition coefficient (Wildman–Crippen LogP) is 4.72. The molecule has 0 saturated carbocycles. The molecule has 140 valence electrons. The van der Waals surface area contributed by atoms with Crippen LogP contribution in [0.2, 0.25) is 0 Å². The summed E-state index contributed by atoms with van der Waals surface area (Å²) in [4.78, 5) is 14.0. The Morgan fingerprint density at radius 2 is 1.85 bits per heavy atom. The highest BCUT2D eigenvalue weighted by Crippen LogP contribution is 2.18. The van der Waals surface area contributed by atoms with E-state index in [-0.39, 0.29) is 12.5 Å². The summed E-state index contributed by atoms with van der Waals surface area (Å²) in [6.45, 7) is 3.82. The molecule has 0 radical (unpaired) electrons. The van der Waals surface area contributed by atoms with Crippen LogP contribution in [0.15, 0.2) is 54.6 Å². The molecule has 0 unspecified atom stereocenters. The lowest BCUT2D eigenvalue weighted by Gasteiger charge is -2.18. The predicted molar refractivity (Wildman–Crippen MR) is 107 cm³/mol. The van der Waals surface area contributed by atoms with Crippen molar-refractivity contribution in [3.8, 4) is 5.75 Å². The number of rotatable bonds is 11. The van der Waals surface area contributed by atoms with Gasteiger partial charge in [-0.05, 0) is 24.1 Å². The summed E-state index contributed by atoms with van der Waals surface area (Å²) in [5, 5.41) is 3.19. The van der Waals surface area contributed by atoms with Crippen LogP contribution < -0.4 is 10.1 Å². The molecule has 0 aliphatic carbocycles. The van der Waals surface area contributed by atoms with E-state index in [2.05, 4.69) is 12.2 Å². The van der Waals surface area contributed by atoms with Crippen LogP contribution in [0.3, 0.4) is 0 Å². The molecule has 0 atom stereocenters. The summed E-state index contributed by atoms with van der Waals surface area (Å²) in [7, 11) is 1.83. The van der Waals surface area contributed by atoms with E-state index in [0.717, 1.165) is 30.0 Å². The van der Waals surface area contributed by atoms with Gasteiger partial charge in [-0.15, -0.1) is 0 Å². The lowest BCUT2D eigenvalue weighted by molar-refractivity contribution is -0.128. The van der Waals surface area contributed by atoms with E-state index in [1.165, 1.54) is 19.3 Å². The van der Waals surface area contributed by atoms with Crippen LogP contribution in [-0.4, -0.2) is 31.0 Å². The number of benzene rings is 2. The molecule has 4 nitrogen and oxygen atoms in total. The number of nitrogens with zero attached hydrogens (tertiary/aromatic N) is 1. The van der Waals surface area contributed by atoms with Gasteiger partial charge in [0.05, 0.1) is 13.2 Å². The third-order valence-corrected chi connectivity index (χ3v) is 4.23. The van der Waals surface area contributed by atoms with E-state index in [1.807, 2.05) is 61.6 Å². The highest BCUT2D eigenvalue weighted by atomic mass is 16.5. The van der Waals surface area contributed by atoms with Gasteiger partial charge in [-0.25, -0.2) is 0 Å². The number of unbranched alkanes of at least 4 members (excludes halogenated alkanes) is 3. The molecule has 0 aliphatic heterocycles. The number of amides is 1. The first-order valence-electron chi connectivity index (χ1n) is 9.43. The van der Waals surface area contributed by atoms with Gasteiger partial charge in [0.1, 0.15) is 5.75 Å². The maximum absolute atomic E-state index is 12.3. The highest BCUT2D eigenvalue weighted by Gasteiger charge is 2.09. The number of ether oxygens (including phenoxy) is 1. The maximum atomic E-state index is 12.3. The number of likely N-dealkylation sites (N-methyl/N-ethyl adjacent to an activating group) is 1. The van der Waals surface area contributed by atoms with Crippen molar-refractivity contribution >= 4 is 11.6 Å². The molecule has 0 heterocycles. The highest BCUT2D eigenvalue weighted by molar-refractivity contribution is 5.80. The Morgan fingerprint density at radius 3 is 2.62 bits per heavy atom. The molecule has 0 saturated heterocycles. The zero-order chi connectivity index (χ0) is 18.6. The number of hydrogen-bond donors (Lipinski definition) is 1. The van der Waals surface area contributed by atoms with E-state index in [9.17, 15) is 4.79 Å². The topological polar surface area (TPSA) is 41.6 Å². The molecule has 1 N–H and O–H groups in total. The lowest BCUT2D eigenvalue weighted by atomic mass is 10.2. The van der Waals surface area contributed by atoms with Gasteiger partial charge in [-0.1, -0.05) is 62.6 Å². The molecule has 2 aromatic rings. The molecule has 4 heteroatoms. The summed E-state index contributed by atoms with van der Waals surface area (Å²) in [6.07, 6.45) is 4.76. The van der Waals surface area contributed by atoms with E-state index in [0.29, 0.717) is 6.54 Å². The van der Waals surface area contributed by atoms with Gasteiger partial charge in [0.15, 0.2) is 0 Å². The third kappa shape index (κ3) is 7.18. The number of nitrogens with one attached hydrogen (secondary N) is 1. The average molecular weight is 354 g/mol. The Bertz CT molecular complexity index is 658. The summed E-state index contributed by atoms with van der Waals surface area (Å²) < 4.78 is 5.79. The Morgan fingerprint density at radius 1 is 1.04 bits per heavy atom. The molecule has 0 aromatic heterocycles. The van der Waals surface area contributed by atoms with Crippen molar-refractivity contribution in [1.82, 2.24) is 4.90 Å². The van der Waals surface area contributed by atoms with E-state index in [4.69, 9.17) is 4.74 Å². The zero-order valence-corrected chi connectivity index (χ0v) is 15.9. The molecule has 0 aliphatic rings. The number of hydrogen-bond acceptors (Lipinski definition) is 3. The van der Waals surface area contributed by atoms with Crippen molar-refractivity contribution < 1.29 is 9.53 Å².